The Balaban J connectivity index is 1.82. The highest BCUT2D eigenvalue weighted by atomic mass is 35.5. The summed E-state index contributed by atoms with van der Waals surface area (Å²) in [4.78, 5) is 14.1. The van der Waals surface area contributed by atoms with Crippen molar-refractivity contribution < 1.29 is 26.9 Å². The fourth-order valence-electron chi connectivity index (χ4n) is 2.68. The largest absolute Gasteiger partial charge is 0.493 e. The van der Waals surface area contributed by atoms with Crippen LogP contribution in [0.2, 0.25) is 5.02 Å². The standard InChI is InChI=1S/C21H25ClFN3O3/c1-2-28-20-10-19(24)18(22)9-17(20)21(27)25-11-16-13-26(7-8-29-16)12-14-3-5-15(23)6-4-14/h3-6,9-10,16H,2,7-8,11-13,24H2,1H3,(H,25,27)/i3D,5D,11D2,12D2. The predicted octanol–water partition coefficient (Wildman–Crippen LogP) is 3.09. The zero-order chi connectivity index (χ0) is 26.1. The van der Waals surface area contributed by atoms with Crippen molar-refractivity contribution in [3.05, 3.63) is 58.3 Å². The fourth-order valence-corrected chi connectivity index (χ4v) is 2.84. The molecule has 0 aromatic heterocycles. The van der Waals surface area contributed by atoms with Crippen molar-refractivity contribution in [1.82, 2.24) is 10.2 Å². The van der Waals surface area contributed by atoms with E-state index in [0.29, 0.717) is 0 Å². The summed E-state index contributed by atoms with van der Waals surface area (Å²) in [5, 5.41) is 2.34. The van der Waals surface area contributed by atoms with E-state index in [4.69, 9.17) is 35.0 Å². The number of benzene rings is 2. The number of carbonyl (C=O) groups is 1. The van der Waals surface area contributed by atoms with Crippen molar-refractivity contribution in [3.63, 3.8) is 0 Å². The minimum atomic E-state index is -2.45. The molecule has 1 heterocycles. The molecule has 2 aromatic carbocycles. The van der Waals surface area contributed by atoms with Gasteiger partial charge in [0, 0.05) is 34.9 Å². The third kappa shape index (κ3) is 5.82. The Morgan fingerprint density at radius 2 is 2.34 bits per heavy atom. The van der Waals surface area contributed by atoms with Crippen LogP contribution in [0.3, 0.4) is 0 Å². The molecule has 6 nitrogen and oxygen atoms in total. The van der Waals surface area contributed by atoms with Crippen molar-refractivity contribution in [3.8, 4) is 5.75 Å². The highest BCUT2D eigenvalue weighted by molar-refractivity contribution is 6.33. The Bertz CT molecular complexity index is 1120. The van der Waals surface area contributed by atoms with E-state index in [2.05, 4.69) is 5.32 Å². The molecule has 0 saturated carbocycles. The van der Waals surface area contributed by atoms with Gasteiger partial charge in [-0.1, -0.05) is 23.7 Å². The predicted molar refractivity (Wildman–Crippen MR) is 111 cm³/mol. The lowest BCUT2D eigenvalue weighted by atomic mass is 10.1. The van der Waals surface area contributed by atoms with Crippen LogP contribution in [0.5, 0.6) is 5.75 Å². The first kappa shape index (κ1) is 14.6. The summed E-state index contributed by atoms with van der Waals surface area (Å²) in [6, 6.07) is 3.31. The van der Waals surface area contributed by atoms with E-state index in [-0.39, 0.29) is 53.9 Å². The maximum absolute atomic E-state index is 13.6. The van der Waals surface area contributed by atoms with Crippen molar-refractivity contribution >= 4 is 23.2 Å². The van der Waals surface area contributed by atoms with Gasteiger partial charge < -0.3 is 20.5 Å². The molecule has 1 aliphatic rings. The Kier molecular flexibility index (Phi) is 4.99. The summed E-state index contributed by atoms with van der Waals surface area (Å²) in [6.07, 6.45) is -1.29. The number of hydrogen-bond acceptors (Lipinski definition) is 5. The number of rotatable bonds is 7. The van der Waals surface area contributed by atoms with E-state index in [0.717, 1.165) is 12.1 Å². The first-order valence-electron chi connectivity index (χ1n) is 12.0. The molecule has 3 N–H and O–H groups in total. The minimum absolute atomic E-state index is 0.0361. The number of nitrogens with zero attached hydrogens (tertiary/aromatic N) is 1. The average Bonchev–Trinajstić information content (AvgIpc) is 2.79. The van der Waals surface area contributed by atoms with E-state index in [9.17, 15) is 9.18 Å². The number of nitrogens with two attached hydrogens (primary N) is 1. The molecule has 1 fully saturated rings. The zero-order valence-corrected chi connectivity index (χ0v) is 16.5. The summed E-state index contributed by atoms with van der Waals surface area (Å²) in [7, 11) is 0. The van der Waals surface area contributed by atoms with Gasteiger partial charge in [-0.2, -0.15) is 0 Å². The fraction of sp³-hybridized carbons (Fsp3) is 0.381. The van der Waals surface area contributed by atoms with Crippen molar-refractivity contribution in [2.45, 2.75) is 19.5 Å². The summed E-state index contributed by atoms with van der Waals surface area (Å²) >= 11 is 6.03. The lowest BCUT2D eigenvalue weighted by Gasteiger charge is -2.33. The molecule has 0 radical (unpaired) electrons. The van der Waals surface area contributed by atoms with E-state index in [1.54, 1.807) is 6.92 Å². The molecule has 1 atom stereocenters. The third-order valence-corrected chi connectivity index (χ3v) is 4.38. The van der Waals surface area contributed by atoms with E-state index >= 15 is 0 Å². The molecule has 1 amide bonds. The van der Waals surface area contributed by atoms with Gasteiger partial charge in [0.05, 0.1) is 41.1 Å². The van der Waals surface area contributed by atoms with Crippen LogP contribution in [0.4, 0.5) is 10.1 Å². The molecule has 2 aromatic rings. The number of halogens is 2. The molecule has 0 aliphatic carbocycles. The van der Waals surface area contributed by atoms with Gasteiger partial charge in [0.25, 0.3) is 5.91 Å². The number of hydrogen-bond donors (Lipinski definition) is 2. The highest BCUT2D eigenvalue weighted by Gasteiger charge is 2.22. The zero-order valence-electron chi connectivity index (χ0n) is 21.7. The lowest BCUT2D eigenvalue weighted by molar-refractivity contribution is -0.0292. The molecule has 1 saturated heterocycles. The monoisotopic (exact) mass is 427 g/mol. The van der Waals surface area contributed by atoms with Crippen molar-refractivity contribution in [2.75, 3.05) is 38.5 Å². The molecule has 1 unspecified atom stereocenters. The van der Waals surface area contributed by atoms with Gasteiger partial charge >= 0.3 is 0 Å². The summed E-state index contributed by atoms with van der Waals surface area (Å²) < 4.78 is 74.0. The maximum Gasteiger partial charge on any atom is 0.255 e. The van der Waals surface area contributed by atoms with Crippen LogP contribution in [-0.2, 0) is 11.2 Å². The third-order valence-electron chi connectivity index (χ3n) is 4.05. The first-order valence-corrected chi connectivity index (χ1v) is 9.34. The summed E-state index contributed by atoms with van der Waals surface area (Å²) in [6.45, 7) is -3.17. The van der Waals surface area contributed by atoms with Crippen molar-refractivity contribution in [1.29, 1.82) is 0 Å². The van der Waals surface area contributed by atoms with Crippen LogP contribution < -0.4 is 15.8 Å². The minimum Gasteiger partial charge on any atom is -0.493 e. The SMILES string of the molecule is [2H]c1c(F)ccc(C([2H])([2H])N2CCOC(C([2H])([2H])NC(=O)c3cc(Cl)c(N)cc3OCC)C2)c1[2H]. The number of amides is 1. The van der Waals surface area contributed by atoms with Gasteiger partial charge in [-0.25, -0.2) is 4.39 Å². The molecule has 3 rings (SSSR count). The van der Waals surface area contributed by atoms with Gasteiger partial charge in [0.2, 0.25) is 0 Å². The lowest BCUT2D eigenvalue weighted by Crippen LogP contribution is -2.47. The van der Waals surface area contributed by atoms with Crippen LogP contribution in [0, 0.1) is 5.82 Å². The Labute approximate surface area is 183 Å². The number of nitrogen functional groups attached to an aromatic ring is 1. The molecule has 8 heteroatoms. The smallest absolute Gasteiger partial charge is 0.255 e. The van der Waals surface area contributed by atoms with Crippen LogP contribution in [0.1, 0.15) is 31.1 Å². The van der Waals surface area contributed by atoms with E-state index in [1.807, 2.05) is 0 Å². The molecule has 0 spiro atoms. The number of carbonyl (C=O) groups excluding carboxylic acids is 1. The van der Waals surface area contributed by atoms with Gasteiger partial charge in [-0.3, -0.25) is 9.69 Å². The Morgan fingerprint density at radius 1 is 1.52 bits per heavy atom. The second-order valence-corrected chi connectivity index (χ2v) is 6.57. The van der Waals surface area contributed by atoms with Crippen LogP contribution in [0.25, 0.3) is 0 Å². The first-order chi connectivity index (χ1) is 16.3. The highest BCUT2D eigenvalue weighted by Crippen LogP contribution is 2.29. The normalized spacial score (nSPS) is 21.1. The molecular weight excluding hydrogens is 397 g/mol. The molecule has 1 aliphatic heterocycles. The molecule has 0 bridgehead atoms. The van der Waals surface area contributed by atoms with E-state index in [1.165, 1.54) is 17.0 Å². The molecule has 156 valence electrons. The average molecular weight is 428 g/mol. The van der Waals surface area contributed by atoms with Crippen molar-refractivity contribution in [2.24, 2.45) is 0 Å². The number of morpholine rings is 1. The van der Waals surface area contributed by atoms with Gasteiger partial charge in [-0.15, -0.1) is 0 Å². The van der Waals surface area contributed by atoms with Crippen LogP contribution in [-0.4, -0.2) is 49.7 Å². The maximum atomic E-state index is 13.6. The van der Waals surface area contributed by atoms with E-state index < -0.39 is 42.9 Å². The van der Waals surface area contributed by atoms with Crippen LogP contribution >= 0.6 is 11.6 Å². The Hall–Kier alpha value is -2.35. The second-order valence-electron chi connectivity index (χ2n) is 6.16. The summed E-state index contributed by atoms with van der Waals surface area (Å²) in [5.41, 5.74) is 5.69. The quantitative estimate of drug-likeness (QED) is 0.664. The molecular formula is C21H25ClFN3O3. The van der Waals surface area contributed by atoms with Crippen LogP contribution in [0.15, 0.2) is 36.4 Å². The number of nitrogens with one attached hydrogen (secondary N) is 1. The summed E-state index contributed by atoms with van der Waals surface area (Å²) in [5.74, 6) is -1.66. The van der Waals surface area contributed by atoms with Gasteiger partial charge in [0.1, 0.15) is 11.6 Å². The van der Waals surface area contributed by atoms with Gasteiger partial charge in [-0.05, 0) is 30.7 Å². The molecule has 29 heavy (non-hydrogen) atoms. The topological polar surface area (TPSA) is 76.8 Å². The number of anilines is 1. The Morgan fingerprint density at radius 3 is 3.14 bits per heavy atom. The van der Waals surface area contributed by atoms with Gasteiger partial charge in [0.15, 0.2) is 0 Å². The number of ether oxygens (including phenoxy) is 2. The second kappa shape index (κ2) is 9.91.